The summed E-state index contributed by atoms with van der Waals surface area (Å²) in [6.07, 6.45) is 7.71. The van der Waals surface area contributed by atoms with Crippen molar-refractivity contribution < 1.29 is 4.39 Å². The van der Waals surface area contributed by atoms with Crippen molar-refractivity contribution in [3.8, 4) is 0 Å². The molecular weight excluding hydrogens is 509 g/mol. The second-order valence-electron chi connectivity index (χ2n) is 11.0. The lowest BCUT2D eigenvalue weighted by Gasteiger charge is -2.36. The van der Waals surface area contributed by atoms with Crippen LogP contribution in [0.4, 0.5) is 27.1 Å². The van der Waals surface area contributed by atoms with E-state index in [0.717, 1.165) is 48.7 Å². The van der Waals surface area contributed by atoms with Crippen molar-refractivity contribution in [2.75, 3.05) is 53.7 Å². The minimum absolute atomic E-state index is 0.0912. The van der Waals surface area contributed by atoms with E-state index in [1.807, 2.05) is 47.5 Å². The summed E-state index contributed by atoms with van der Waals surface area (Å²) in [4.78, 5) is 15.2. The molecule has 0 atom stereocenters. The number of hydrogen-bond donors (Lipinski definition) is 2. The minimum Gasteiger partial charge on any atom is -0.369 e. The highest BCUT2D eigenvalue weighted by Gasteiger charge is 2.23. The fourth-order valence-corrected chi connectivity index (χ4v) is 5.20. The molecule has 2 aromatic rings. The Kier molecular flexibility index (Phi) is 9.35. The highest BCUT2D eigenvalue weighted by Crippen LogP contribution is 2.31. The van der Waals surface area contributed by atoms with Crippen molar-refractivity contribution in [2.45, 2.75) is 44.4 Å². The maximum atomic E-state index is 15.1. The quantitative estimate of drug-likeness (QED) is 0.272. The molecule has 0 bridgehead atoms. The van der Waals surface area contributed by atoms with Gasteiger partial charge < -0.3 is 24.7 Å². The molecule has 0 saturated carbocycles. The number of amidine groups is 1. The smallest absolute Gasteiger partial charge is 0.148 e. The third kappa shape index (κ3) is 7.64. The highest BCUT2D eigenvalue weighted by molar-refractivity contribution is 8.01. The predicted molar refractivity (Wildman–Crippen MR) is 168 cm³/mol. The Labute approximate surface area is 236 Å². The standard InChI is InChI=1S/C30H40FN7S/c1-30(2,3)39-35-24-8-7-9-26(18-24)38-17-12-22(20-32-4)29(38)34-21-33-23-10-11-28(27(31)19-23)37-15-13-25(14-16-37)36(5)6/h7-12,17-20,25,33,35H,4,13-16,21H2,1-3,5-6H3/b22-20-,34-29?. The molecular formula is C30H40FN7S. The van der Waals surface area contributed by atoms with Crippen LogP contribution < -0.4 is 19.8 Å². The molecule has 2 N–H and O–H groups in total. The normalized spacial score (nSPS) is 18.4. The highest BCUT2D eigenvalue weighted by atomic mass is 32.2. The zero-order valence-corrected chi connectivity index (χ0v) is 24.4. The number of halogens is 1. The third-order valence-electron chi connectivity index (χ3n) is 6.71. The van der Waals surface area contributed by atoms with Crippen LogP contribution in [-0.2, 0) is 0 Å². The van der Waals surface area contributed by atoms with Crippen LogP contribution in [0.3, 0.4) is 0 Å². The first-order chi connectivity index (χ1) is 18.6. The van der Waals surface area contributed by atoms with Crippen molar-refractivity contribution in [1.82, 2.24) is 4.90 Å². The zero-order chi connectivity index (χ0) is 28.0. The van der Waals surface area contributed by atoms with Gasteiger partial charge in [0, 0.05) is 58.9 Å². The summed E-state index contributed by atoms with van der Waals surface area (Å²) in [6.45, 7) is 12.1. The molecule has 1 saturated heterocycles. The van der Waals surface area contributed by atoms with Crippen molar-refractivity contribution in [2.24, 2.45) is 9.98 Å². The van der Waals surface area contributed by atoms with E-state index in [4.69, 9.17) is 4.99 Å². The fraction of sp³-hybridized carbons (Fsp3) is 0.400. The van der Waals surface area contributed by atoms with Crippen molar-refractivity contribution in [1.29, 1.82) is 0 Å². The molecule has 2 aliphatic heterocycles. The number of hydrogen-bond acceptors (Lipinski definition) is 7. The van der Waals surface area contributed by atoms with Crippen LogP contribution >= 0.6 is 11.9 Å². The lowest BCUT2D eigenvalue weighted by atomic mass is 10.0. The first kappa shape index (κ1) is 28.7. The number of rotatable bonds is 9. The van der Waals surface area contributed by atoms with Crippen LogP contribution in [0, 0.1) is 5.82 Å². The van der Waals surface area contributed by atoms with E-state index in [-0.39, 0.29) is 17.2 Å². The van der Waals surface area contributed by atoms with Gasteiger partial charge in [0.15, 0.2) is 0 Å². The molecule has 208 valence electrons. The summed E-state index contributed by atoms with van der Waals surface area (Å²) in [5, 5.41) is 3.25. The third-order valence-corrected chi connectivity index (χ3v) is 7.66. The summed E-state index contributed by atoms with van der Waals surface area (Å²) in [6, 6.07) is 14.1. The van der Waals surface area contributed by atoms with Crippen LogP contribution in [0.1, 0.15) is 33.6 Å². The molecule has 0 unspecified atom stereocenters. The Morgan fingerprint density at radius 1 is 1.13 bits per heavy atom. The van der Waals surface area contributed by atoms with E-state index in [1.165, 1.54) is 0 Å². The molecule has 39 heavy (non-hydrogen) atoms. The second kappa shape index (κ2) is 12.7. The number of nitrogens with zero attached hydrogens (tertiary/aromatic N) is 5. The summed E-state index contributed by atoms with van der Waals surface area (Å²) in [5.41, 5.74) is 4.20. The van der Waals surface area contributed by atoms with Crippen molar-refractivity contribution in [3.05, 3.63) is 72.3 Å². The lowest BCUT2D eigenvalue weighted by molar-refractivity contribution is 0.249. The van der Waals surface area contributed by atoms with Gasteiger partial charge in [-0.2, -0.15) is 0 Å². The minimum atomic E-state index is -0.214. The molecule has 2 aliphatic rings. The number of piperidine rings is 1. The Hall–Kier alpha value is -3.30. The van der Waals surface area contributed by atoms with Gasteiger partial charge in [0.1, 0.15) is 18.3 Å². The Balaban J connectivity index is 1.44. The molecule has 0 aliphatic carbocycles. The molecule has 2 aromatic carbocycles. The van der Waals surface area contributed by atoms with Crippen LogP contribution in [0.2, 0.25) is 0 Å². The zero-order valence-electron chi connectivity index (χ0n) is 23.6. The fourth-order valence-electron chi connectivity index (χ4n) is 4.65. The Morgan fingerprint density at radius 3 is 2.56 bits per heavy atom. The lowest BCUT2D eigenvalue weighted by Crippen LogP contribution is -2.42. The van der Waals surface area contributed by atoms with E-state index >= 15 is 4.39 Å². The van der Waals surface area contributed by atoms with Crippen LogP contribution in [0.15, 0.2) is 76.5 Å². The second-order valence-corrected chi connectivity index (χ2v) is 12.6. The summed E-state index contributed by atoms with van der Waals surface area (Å²) in [7, 11) is 4.22. The largest absolute Gasteiger partial charge is 0.369 e. The first-order valence-corrected chi connectivity index (χ1v) is 14.1. The van der Waals surface area contributed by atoms with E-state index in [1.54, 1.807) is 24.2 Å². The Bertz CT molecular complexity index is 1240. The number of anilines is 4. The van der Waals surface area contributed by atoms with Gasteiger partial charge in [-0.25, -0.2) is 9.38 Å². The average Bonchev–Trinajstić information content (AvgIpc) is 3.30. The summed E-state index contributed by atoms with van der Waals surface area (Å²) >= 11 is 1.67. The van der Waals surface area contributed by atoms with Crippen molar-refractivity contribution >= 4 is 47.3 Å². The Morgan fingerprint density at radius 2 is 1.90 bits per heavy atom. The predicted octanol–water partition coefficient (Wildman–Crippen LogP) is 6.60. The van der Waals surface area contributed by atoms with E-state index < -0.39 is 0 Å². The molecule has 9 heteroatoms. The van der Waals surface area contributed by atoms with Crippen LogP contribution in [0.25, 0.3) is 0 Å². The van der Waals surface area contributed by atoms with Crippen LogP contribution in [-0.4, -0.2) is 62.1 Å². The maximum Gasteiger partial charge on any atom is 0.148 e. The number of nitrogens with one attached hydrogen (secondary N) is 2. The molecule has 0 spiro atoms. The topological polar surface area (TPSA) is 58.5 Å². The molecule has 0 aromatic heterocycles. The van der Waals surface area contributed by atoms with Gasteiger partial charge in [-0.3, -0.25) is 4.99 Å². The summed E-state index contributed by atoms with van der Waals surface area (Å²) in [5.74, 6) is 0.533. The molecule has 2 heterocycles. The SMILES string of the molecule is C=N/C=C1/C=CN(c2cccc(NSC(C)(C)C)c2)C1=NCNc1ccc(N2CCC(N(C)C)CC2)c(F)c1. The van der Waals surface area contributed by atoms with Gasteiger partial charge in [-0.1, -0.05) is 6.07 Å². The van der Waals surface area contributed by atoms with Gasteiger partial charge in [-0.15, -0.1) is 0 Å². The molecule has 1 fully saturated rings. The van der Waals surface area contributed by atoms with Gasteiger partial charge >= 0.3 is 0 Å². The van der Waals surface area contributed by atoms with Gasteiger partial charge in [-0.05, 0) is 109 Å². The summed E-state index contributed by atoms with van der Waals surface area (Å²) < 4.78 is 18.6. The molecule has 0 amide bonds. The maximum absolute atomic E-state index is 15.1. The number of benzene rings is 2. The van der Waals surface area contributed by atoms with Crippen molar-refractivity contribution in [3.63, 3.8) is 0 Å². The van der Waals surface area contributed by atoms with E-state index in [2.05, 4.69) is 72.5 Å². The molecule has 7 nitrogen and oxygen atoms in total. The van der Waals surface area contributed by atoms with Gasteiger partial charge in [0.2, 0.25) is 0 Å². The first-order valence-electron chi connectivity index (χ1n) is 13.3. The van der Waals surface area contributed by atoms with Gasteiger partial charge in [0.05, 0.1) is 5.69 Å². The molecule has 0 radical (unpaired) electrons. The average molecular weight is 550 g/mol. The van der Waals surface area contributed by atoms with Gasteiger partial charge in [0.25, 0.3) is 0 Å². The number of aliphatic imine (C=N–C) groups is 2. The van der Waals surface area contributed by atoms with Crippen LogP contribution in [0.5, 0.6) is 0 Å². The van der Waals surface area contributed by atoms with E-state index in [9.17, 15) is 0 Å². The van der Waals surface area contributed by atoms with E-state index in [0.29, 0.717) is 17.4 Å². The monoisotopic (exact) mass is 549 g/mol. The molecule has 4 rings (SSSR count).